The second-order valence-electron chi connectivity index (χ2n) is 2.48. The van der Waals surface area contributed by atoms with Gasteiger partial charge < -0.3 is 0 Å². The summed E-state index contributed by atoms with van der Waals surface area (Å²) >= 11 is 17.5. The predicted octanol–water partition coefficient (Wildman–Crippen LogP) is 2.62. The van der Waals surface area contributed by atoms with E-state index < -0.39 is 0 Å². The second-order valence-corrected chi connectivity index (χ2v) is 3.67. The summed E-state index contributed by atoms with van der Waals surface area (Å²) in [5, 5.41) is 11.7. The van der Waals surface area contributed by atoms with Crippen molar-refractivity contribution in [2.24, 2.45) is 0 Å². The summed E-state index contributed by atoms with van der Waals surface area (Å²) in [6.45, 7) is 0. The fraction of sp³-hybridized carbons (Fsp3) is 0. The summed E-state index contributed by atoms with van der Waals surface area (Å²) in [6.07, 6.45) is 1.44. The van der Waals surface area contributed by atoms with E-state index in [1.807, 2.05) is 0 Å². The standard InChI is InChI=1S/C7H3Cl3N4/c8-5-1-4(2-6(9)7(5)10)14-3-11-12-13-14/h1-3H. The van der Waals surface area contributed by atoms with E-state index in [2.05, 4.69) is 15.5 Å². The molecule has 0 N–H and O–H groups in total. The molecule has 0 aliphatic rings. The molecule has 14 heavy (non-hydrogen) atoms. The zero-order valence-corrected chi connectivity index (χ0v) is 8.92. The largest absolute Gasteiger partial charge is 0.200 e. The highest BCUT2D eigenvalue weighted by atomic mass is 35.5. The van der Waals surface area contributed by atoms with Crippen molar-refractivity contribution in [2.45, 2.75) is 0 Å². The van der Waals surface area contributed by atoms with Crippen molar-refractivity contribution in [3.63, 3.8) is 0 Å². The molecule has 0 saturated heterocycles. The van der Waals surface area contributed by atoms with Crippen molar-refractivity contribution in [2.75, 3.05) is 0 Å². The minimum atomic E-state index is 0.324. The van der Waals surface area contributed by atoms with Gasteiger partial charge in [0.1, 0.15) is 6.33 Å². The summed E-state index contributed by atoms with van der Waals surface area (Å²) in [6, 6.07) is 3.26. The highest BCUT2D eigenvalue weighted by Crippen LogP contribution is 2.31. The first-order chi connectivity index (χ1) is 6.68. The van der Waals surface area contributed by atoms with Crippen LogP contribution in [0.5, 0.6) is 0 Å². The van der Waals surface area contributed by atoms with Gasteiger partial charge in [0.05, 0.1) is 20.8 Å². The van der Waals surface area contributed by atoms with Gasteiger partial charge in [0, 0.05) is 0 Å². The average Bonchev–Trinajstić information content (AvgIpc) is 2.66. The Balaban J connectivity index is 2.57. The van der Waals surface area contributed by atoms with Gasteiger partial charge in [-0.25, -0.2) is 4.68 Å². The molecule has 1 aromatic carbocycles. The molecule has 0 unspecified atom stereocenters. The highest BCUT2D eigenvalue weighted by Gasteiger charge is 2.07. The molecular weight excluding hydrogens is 246 g/mol. The Kier molecular flexibility index (Phi) is 2.58. The Bertz CT molecular complexity index is 431. The Morgan fingerprint density at radius 3 is 2.21 bits per heavy atom. The first-order valence-corrected chi connectivity index (χ1v) is 4.70. The molecule has 2 aromatic rings. The molecular formula is C7H3Cl3N4. The molecule has 0 saturated carbocycles. The monoisotopic (exact) mass is 248 g/mol. The lowest BCUT2D eigenvalue weighted by atomic mass is 10.3. The molecule has 72 valence electrons. The van der Waals surface area contributed by atoms with Gasteiger partial charge in [-0.2, -0.15) is 0 Å². The van der Waals surface area contributed by atoms with Crippen LogP contribution in [0.4, 0.5) is 0 Å². The summed E-state index contributed by atoms with van der Waals surface area (Å²) in [4.78, 5) is 0. The van der Waals surface area contributed by atoms with Gasteiger partial charge in [-0.05, 0) is 22.6 Å². The molecule has 0 fully saturated rings. The van der Waals surface area contributed by atoms with Crippen molar-refractivity contribution >= 4 is 34.8 Å². The van der Waals surface area contributed by atoms with E-state index in [9.17, 15) is 0 Å². The van der Waals surface area contributed by atoms with Crippen LogP contribution >= 0.6 is 34.8 Å². The molecule has 1 aromatic heterocycles. The van der Waals surface area contributed by atoms with Crippen LogP contribution in [0.3, 0.4) is 0 Å². The zero-order chi connectivity index (χ0) is 10.1. The fourth-order valence-corrected chi connectivity index (χ4v) is 1.54. The van der Waals surface area contributed by atoms with Crippen LogP contribution in [0, 0.1) is 0 Å². The van der Waals surface area contributed by atoms with Crippen molar-refractivity contribution < 1.29 is 0 Å². The maximum absolute atomic E-state index is 5.84. The van der Waals surface area contributed by atoms with Gasteiger partial charge in [-0.3, -0.25) is 0 Å². The van der Waals surface area contributed by atoms with Crippen LogP contribution in [0.1, 0.15) is 0 Å². The summed E-state index contributed by atoms with van der Waals surface area (Å²) in [5.41, 5.74) is 0.661. The van der Waals surface area contributed by atoms with Crippen molar-refractivity contribution in [3.8, 4) is 5.69 Å². The second kappa shape index (κ2) is 3.73. The van der Waals surface area contributed by atoms with Gasteiger partial charge in [0.15, 0.2) is 0 Å². The number of hydrogen-bond acceptors (Lipinski definition) is 3. The minimum absolute atomic E-state index is 0.324. The third kappa shape index (κ3) is 1.68. The molecule has 0 aliphatic heterocycles. The molecule has 2 rings (SSSR count). The van der Waals surface area contributed by atoms with Crippen molar-refractivity contribution in [1.29, 1.82) is 0 Å². The number of nitrogens with zero attached hydrogens (tertiary/aromatic N) is 4. The van der Waals surface area contributed by atoms with Gasteiger partial charge in [-0.1, -0.05) is 34.8 Å². The topological polar surface area (TPSA) is 43.6 Å². The van der Waals surface area contributed by atoms with Crippen molar-refractivity contribution in [3.05, 3.63) is 33.5 Å². The van der Waals surface area contributed by atoms with E-state index in [0.717, 1.165) is 0 Å². The fourth-order valence-electron chi connectivity index (χ4n) is 0.954. The van der Waals surface area contributed by atoms with E-state index in [1.54, 1.807) is 12.1 Å². The number of aromatic nitrogens is 4. The zero-order valence-electron chi connectivity index (χ0n) is 6.65. The van der Waals surface area contributed by atoms with Crippen molar-refractivity contribution in [1.82, 2.24) is 20.2 Å². The molecule has 0 aliphatic carbocycles. The molecule has 0 bridgehead atoms. The third-order valence-electron chi connectivity index (χ3n) is 1.58. The summed E-state index contributed by atoms with van der Waals surface area (Å²) in [7, 11) is 0. The first-order valence-electron chi connectivity index (χ1n) is 3.56. The van der Waals surface area contributed by atoms with E-state index in [1.165, 1.54) is 11.0 Å². The van der Waals surface area contributed by atoms with Crippen LogP contribution in [-0.2, 0) is 0 Å². The quantitative estimate of drug-likeness (QED) is 0.730. The maximum Gasteiger partial charge on any atom is 0.143 e. The number of hydrogen-bond donors (Lipinski definition) is 0. The molecule has 4 nitrogen and oxygen atoms in total. The predicted molar refractivity (Wildman–Crippen MR) is 54.2 cm³/mol. The molecule has 0 radical (unpaired) electrons. The number of tetrazole rings is 1. The van der Waals surface area contributed by atoms with Gasteiger partial charge >= 0.3 is 0 Å². The number of benzene rings is 1. The molecule has 7 heteroatoms. The van der Waals surface area contributed by atoms with Gasteiger partial charge in [0.25, 0.3) is 0 Å². The Morgan fingerprint density at radius 2 is 1.71 bits per heavy atom. The molecule has 1 heterocycles. The first kappa shape index (κ1) is 9.71. The summed E-state index contributed by atoms with van der Waals surface area (Å²) < 4.78 is 1.44. The van der Waals surface area contributed by atoms with Crippen LogP contribution in [0.2, 0.25) is 15.1 Å². The highest BCUT2D eigenvalue weighted by molar-refractivity contribution is 6.48. The van der Waals surface area contributed by atoms with E-state index in [4.69, 9.17) is 34.8 Å². The normalized spacial score (nSPS) is 10.5. The number of halogens is 3. The van der Waals surface area contributed by atoms with Crippen LogP contribution in [0.25, 0.3) is 5.69 Å². The molecule has 0 atom stereocenters. The van der Waals surface area contributed by atoms with E-state index in [0.29, 0.717) is 20.8 Å². The van der Waals surface area contributed by atoms with E-state index >= 15 is 0 Å². The lowest BCUT2D eigenvalue weighted by Gasteiger charge is -2.03. The van der Waals surface area contributed by atoms with E-state index in [-0.39, 0.29) is 0 Å². The molecule has 0 spiro atoms. The Hall–Kier alpha value is -0.840. The third-order valence-corrected chi connectivity index (χ3v) is 2.78. The Labute approximate surface area is 94.4 Å². The SMILES string of the molecule is Clc1cc(-n2cnnn2)cc(Cl)c1Cl. The maximum atomic E-state index is 5.84. The lowest BCUT2D eigenvalue weighted by Crippen LogP contribution is -1.95. The summed E-state index contributed by atoms with van der Waals surface area (Å²) in [5.74, 6) is 0. The minimum Gasteiger partial charge on any atom is -0.200 e. The van der Waals surface area contributed by atoms with Crippen LogP contribution in [0.15, 0.2) is 18.5 Å². The number of rotatable bonds is 1. The van der Waals surface area contributed by atoms with Gasteiger partial charge in [-0.15, -0.1) is 5.10 Å². The van der Waals surface area contributed by atoms with Gasteiger partial charge in [0.2, 0.25) is 0 Å². The van der Waals surface area contributed by atoms with Crippen LogP contribution in [-0.4, -0.2) is 20.2 Å². The smallest absolute Gasteiger partial charge is 0.143 e. The Morgan fingerprint density at radius 1 is 1.07 bits per heavy atom. The lowest BCUT2D eigenvalue weighted by molar-refractivity contribution is 0.789. The van der Waals surface area contributed by atoms with Crippen LogP contribution < -0.4 is 0 Å². The average molecular weight is 249 g/mol. The molecule has 0 amide bonds.